The molecule has 0 aliphatic rings. The van der Waals surface area contributed by atoms with Crippen molar-refractivity contribution in [1.82, 2.24) is 38.2 Å². The smallest absolute Gasteiger partial charge is 0.160 e. The minimum atomic E-state index is 0.710. The molecule has 0 aliphatic carbocycles. The van der Waals surface area contributed by atoms with E-state index in [1.807, 2.05) is 24.3 Å². The van der Waals surface area contributed by atoms with Crippen molar-refractivity contribution in [2.24, 2.45) is 0 Å². The molecule has 0 amide bonds. The molecule has 0 aliphatic heterocycles. The van der Waals surface area contributed by atoms with Gasteiger partial charge in [-0.2, -0.15) is 0 Å². The summed E-state index contributed by atoms with van der Waals surface area (Å²) in [6.45, 7) is 0. The predicted octanol–water partition coefficient (Wildman–Crippen LogP) is 23.3. The van der Waals surface area contributed by atoms with Gasteiger partial charge in [-0.05, 0) is 162 Å². The summed E-state index contributed by atoms with van der Waals surface area (Å²) in [5.74, 6) is 1.42. The van der Waals surface area contributed by atoms with E-state index in [1.165, 1.54) is 82.1 Å². The lowest BCUT2D eigenvalue weighted by molar-refractivity contribution is 1.13. The topological polar surface area (TPSA) is 71.3 Å². The minimum absolute atomic E-state index is 0.710. The number of fused-ring (bicyclic) bond motifs is 12. The van der Waals surface area contributed by atoms with E-state index in [1.54, 1.807) is 0 Å². The van der Waals surface area contributed by atoms with E-state index >= 15 is 0 Å². The summed E-state index contributed by atoms with van der Waals surface area (Å²) < 4.78 is 9.28. The Balaban J connectivity index is 0.000000139. The van der Waals surface area contributed by atoms with E-state index in [2.05, 4.69) is 358 Å². The molecule has 6 heterocycles. The maximum absolute atomic E-state index is 5.21. The lowest BCUT2D eigenvalue weighted by Gasteiger charge is -2.12. The molecule has 0 saturated heterocycles. The first kappa shape index (κ1) is 57.9. The third-order valence-corrected chi connectivity index (χ3v) is 19.6. The number of rotatable bonds is 10. The SMILES string of the molecule is c1ccc(-c2ccc(-c3nc(-c4ccc(-n5c6ccccc6c6c7ccn(-c8ccccc8)c7ccc65)cc4)nc4ccccc34)cc2)cc1.c1ccc(-c2cccc(-c3nc(-c4ccc(-n5c6ccccc6c6c7ccn(-c8ccccc8)c7ccc65)cc4)nc4ccccc34)c2)cc1. The van der Waals surface area contributed by atoms with Gasteiger partial charge in [0.2, 0.25) is 0 Å². The molecule has 100 heavy (non-hydrogen) atoms. The van der Waals surface area contributed by atoms with Gasteiger partial charge in [0, 0.05) is 100 Å². The van der Waals surface area contributed by atoms with Crippen molar-refractivity contribution in [3.8, 4) is 90.3 Å². The molecule has 6 aromatic heterocycles. The number of hydrogen-bond donors (Lipinski definition) is 0. The quantitative estimate of drug-likeness (QED) is 0.137. The Morgan fingerprint density at radius 3 is 1.01 bits per heavy atom. The first-order chi connectivity index (χ1) is 49.6. The second-order valence-electron chi connectivity index (χ2n) is 25.3. The molecule has 468 valence electrons. The van der Waals surface area contributed by atoms with Crippen LogP contribution in [0, 0.1) is 0 Å². The van der Waals surface area contributed by atoms with Crippen LogP contribution in [-0.4, -0.2) is 38.2 Å². The van der Waals surface area contributed by atoms with Gasteiger partial charge in [-0.15, -0.1) is 0 Å². The second-order valence-corrected chi connectivity index (χ2v) is 25.3. The Bertz CT molecular complexity index is 6470. The van der Waals surface area contributed by atoms with E-state index < -0.39 is 0 Å². The molecule has 0 atom stereocenters. The van der Waals surface area contributed by atoms with Crippen LogP contribution in [0.2, 0.25) is 0 Å². The Kier molecular flexibility index (Phi) is 14.0. The van der Waals surface area contributed by atoms with E-state index in [4.69, 9.17) is 19.9 Å². The molecule has 0 N–H and O–H groups in total. The van der Waals surface area contributed by atoms with E-state index in [9.17, 15) is 0 Å². The lowest BCUT2D eigenvalue weighted by Crippen LogP contribution is -1.97. The van der Waals surface area contributed by atoms with Gasteiger partial charge in [0.15, 0.2) is 11.6 Å². The van der Waals surface area contributed by atoms with Crippen LogP contribution in [0.1, 0.15) is 0 Å². The average Bonchev–Trinajstić information content (AvgIpc) is 1.56. The zero-order chi connectivity index (χ0) is 66.0. The van der Waals surface area contributed by atoms with Gasteiger partial charge < -0.3 is 18.3 Å². The summed E-state index contributed by atoms with van der Waals surface area (Å²) in [5.41, 5.74) is 24.2. The largest absolute Gasteiger partial charge is 0.317 e. The van der Waals surface area contributed by atoms with Crippen LogP contribution < -0.4 is 0 Å². The summed E-state index contributed by atoms with van der Waals surface area (Å²) in [7, 11) is 0. The maximum atomic E-state index is 5.21. The maximum Gasteiger partial charge on any atom is 0.160 e. The summed E-state index contributed by atoms with van der Waals surface area (Å²) in [6, 6.07) is 124. The highest BCUT2D eigenvalue weighted by molar-refractivity contribution is 6.22. The molecule has 20 aromatic rings. The molecule has 0 unspecified atom stereocenters. The highest BCUT2D eigenvalue weighted by Crippen LogP contribution is 2.42. The number of aromatic nitrogens is 8. The van der Waals surface area contributed by atoms with Crippen LogP contribution in [-0.2, 0) is 0 Å². The van der Waals surface area contributed by atoms with Gasteiger partial charge in [-0.3, -0.25) is 0 Å². The molecule has 0 spiro atoms. The van der Waals surface area contributed by atoms with Crippen LogP contribution >= 0.6 is 0 Å². The molecular weight excluding hydrogens is 1220 g/mol. The highest BCUT2D eigenvalue weighted by Gasteiger charge is 2.21. The average molecular weight is 1280 g/mol. The van der Waals surface area contributed by atoms with Gasteiger partial charge in [-0.25, -0.2) is 19.9 Å². The minimum Gasteiger partial charge on any atom is -0.317 e. The lowest BCUT2D eigenvalue weighted by atomic mass is 9.99. The first-order valence-electron chi connectivity index (χ1n) is 33.8. The fraction of sp³-hybridized carbons (Fsp3) is 0. The predicted molar refractivity (Wildman–Crippen MR) is 414 cm³/mol. The van der Waals surface area contributed by atoms with Gasteiger partial charge in [-0.1, -0.05) is 212 Å². The van der Waals surface area contributed by atoms with Gasteiger partial charge in [0.1, 0.15) is 0 Å². The van der Waals surface area contributed by atoms with E-state index in [0.717, 1.165) is 83.8 Å². The summed E-state index contributed by atoms with van der Waals surface area (Å²) in [4.78, 5) is 20.5. The Morgan fingerprint density at radius 2 is 0.530 bits per heavy atom. The van der Waals surface area contributed by atoms with Crippen LogP contribution in [0.3, 0.4) is 0 Å². The summed E-state index contributed by atoms with van der Waals surface area (Å²) in [6.07, 6.45) is 4.35. The Morgan fingerprint density at radius 1 is 0.190 bits per heavy atom. The van der Waals surface area contributed by atoms with Crippen LogP contribution in [0.15, 0.2) is 364 Å². The van der Waals surface area contributed by atoms with Gasteiger partial charge in [0.25, 0.3) is 0 Å². The molecule has 0 fully saturated rings. The molecule has 0 radical (unpaired) electrons. The zero-order valence-corrected chi connectivity index (χ0v) is 54.2. The van der Waals surface area contributed by atoms with E-state index in [-0.39, 0.29) is 0 Å². The van der Waals surface area contributed by atoms with Gasteiger partial charge >= 0.3 is 0 Å². The van der Waals surface area contributed by atoms with E-state index in [0.29, 0.717) is 11.6 Å². The number of benzene rings is 14. The second kappa shape index (κ2) is 24.3. The van der Waals surface area contributed by atoms with Crippen LogP contribution in [0.4, 0.5) is 0 Å². The van der Waals surface area contributed by atoms with Crippen molar-refractivity contribution in [2.45, 2.75) is 0 Å². The van der Waals surface area contributed by atoms with Crippen LogP contribution in [0.5, 0.6) is 0 Å². The monoisotopic (exact) mass is 1280 g/mol. The van der Waals surface area contributed by atoms with Gasteiger partial charge in [0.05, 0.1) is 55.5 Å². The standard InChI is InChI=1S/2C46H30N4/c1-3-12-31(13-4-1)33-14-11-15-34(30-33)45-37-18-7-9-20-40(37)47-46(48-45)32-22-24-36(25-23-32)50-42-21-10-8-19-38(42)44-39-28-29-49(35-16-5-2-6-17-35)41(39)26-27-43(44)50;1-3-11-31(12-4-1)32-19-21-33(22-20-32)45-37-15-7-9-17-40(37)47-46(48-45)34-23-25-36(26-24-34)50-42-18-10-8-16-38(42)44-39-29-30-49(35-13-5-2-6-14-35)41(39)27-28-43(44)50/h2*1-30H. The molecule has 20 rings (SSSR count). The Hall–Kier alpha value is -13.6. The molecule has 8 heteroatoms. The molecular formula is C92H60N8. The summed E-state index contributed by atoms with van der Waals surface area (Å²) in [5, 5.41) is 9.56. The highest BCUT2D eigenvalue weighted by atomic mass is 15.0. The fourth-order valence-corrected chi connectivity index (χ4v) is 14.9. The Labute approximate surface area is 576 Å². The van der Waals surface area contributed by atoms with Crippen LogP contribution in [0.25, 0.3) is 178 Å². The molecule has 0 bridgehead atoms. The number of hydrogen-bond acceptors (Lipinski definition) is 4. The molecule has 8 nitrogen and oxygen atoms in total. The third kappa shape index (κ3) is 10.0. The molecule has 0 saturated carbocycles. The summed E-state index contributed by atoms with van der Waals surface area (Å²) >= 11 is 0. The zero-order valence-electron chi connectivity index (χ0n) is 54.2. The number of nitrogens with zero attached hydrogens (tertiary/aromatic N) is 8. The van der Waals surface area contributed by atoms with Crippen molar-refractivity contribution in [2.75, 3.05) is 0 Å². The van der Waals surface area contributed by atoms with Crippen molar-refractivity contribution in [3.63, 3.8) is 0 Å². The van der Waals surface area contributed by atoms with Crippen molar-refractivity contribution in [3.05, 3.63) is 364 Å². The number of para-hydroxylation sites is 6. The normalized spacial score (nSPS) is 11.6. The third-order valence-electron chi connectivity index (χ3n) is 19.6. The molecule has 14 aromatic carbocycles. The van der Waals surface area contributed by atoms with Crippen molar-refractivity contribution in [1.29, 1.82) is 0 Å². The fourth-order valence-electron chi connectivity index (χ4n) is 14.9. The van der Waals surface area contributed by atoms with Crippen molar-refractivity contribution >= 4 is 87.2 Å². The first-order valence-corrected chi connectivity index (χ1v) is 33.8. The van der Waals surface area contributed by atoms with Crippen molar-refractivity contribution < 1.29 is 0 Å².